The predicted molar refractivity (Wildman–Crippen MR) is 109 cm³/mol. The van der Waals surface area contributed by atoms with Crippen LogP contribution in [0.15, 0.2) is 48.5 Å². The lowest BCUT2D eigenvalue weighted by Gasteiger charge is -2.21. The summed E-state index contributed by atoms with van der Waals surface area (Å²) < 4.78 is 33.2. The SMILES string of the molecule is CC(C)C(Nc1c2ccccc2[n+](C)c2ccccc12)C(=O)O.COS(=O)(=O)[O-]. The summed E-state index contributed by atoms with van der Waals surface area (Å²) in [7, 11) is -1.57. The molecule has 0 aliphatic carbocycles. The molecule has 0 saturated heterocycles. The lowest BCUT2D eigenvalue weighted by molar-refractivity contribution is -0.617. The summed E-state index contributed by atoms with van der Waals surface area (Å²) in [6.45, 7) is 3.83. The van der Waals surface area contributed by atoms with E-state index in [-0.39, 0.29) is 5.92 Å². The molecule has 2 aromatic carbocycles. The third kappa shape index (κ3) is 5.41. The van der Waals surface area contributed by atoms with E-state index < -0.39 is 22.4 Å². The molecular weight excluding hydrogens is 396 g/mol. The molecule has 156 valence electrons. The van der Waals surface area contributed by atoms with E-state index in [9.17, 15) is 22.9 Å². The van der Waals surface area contributed by atoms with Gasteiger partial charge >= 0.3 is 5.97 Å². The minimum atomic E-state index is -4.41. The normalized spacial score (nSPS) is 12.5. The Hall–Kier alpha value is -2.75. The van der Waals surface area contributed by atoms with Gasteiger partial charge in [0.25, 0.3) is 0 Å². The van der Waals surface area contributed by atoms with Gasteiger partial charge in [0.05, 0.1) is 23.6 Å². The molecule has 8 nitrogen and oxygen atoms in total. The molecule has 0 bridgehead atoms. The van der Waals surface area contributed by atoms with Crippen molar-refractivity contribution in [3.63, 3.8) is 0 Å². The number of hydrogen-bond donors (Lipinski definition) is 2. The second-order valence-electron chi connectivity index (χ2n) is 6.75. The predicted octanol–water partition coefficient (Wildman–Crippen LogP) is 2.43. The maximum Gasteiger partial charge on any atom is 0.326 e. The van der Waals surface area contributed by atoms with Gasteiger partial charge in [0.1, 0.15) is 13.1 Å². The van der Waals surface area contributed by atoms with Crippen LogP contribution in [-0.2, 0) is 26.4 Å². The van der Waals surface area contributed by atoms with E-state index in [1.54, 1.807) is 0 Å². The van der Waals surface area contributed by atoms with Crippen molar-refractivity contribution in [2.24, 2.45) is 13.0 Å². The summed E-state index contributed by atoms with van der Waals surface area (Å²) in [6.07, 6.45) is 0. The first-order valence-corrected chi connectivity index (χ1v) is 10.2. The molecule has 0 aliphatic rings. The van der Waals surface area contributed by atoms with Gasteiger partial charge in [-0.2, -0.15) is 4.57 Å². The summed E-state index contributed by atoms with van der Waals surface area (Å²) in [5.74, 6) is -0.847. The number of carboxylic acid groups (broad SMARTS) is 1. The minimum Gasteiger partial charge on any atom is -0.726 e. The van der Waals surface area contributed by atoms with E-state index in [1.165, 1.54) is 0 Å². The Bertz CT molecular complexity index is 1070. The highest BCUT2D eigenvalue weighted by atomic mass is 32.3. The number of benzene rings is 2. The number of anilines is 1. The number of hydrogen-bond acceptors (Lipinski definition) is 6. The smallest absolute Gasteiger partial charge is 0.326 e. The lowest BCUT2D eigenvalue weighted by atomic mass is 10.0. The first kappa shape index (κ1) is 22.5. The summed E-state index contributed by atoms with van der Waals surface area (Å²) >= 11 is 0. The highest BCUT2D eigenvalue weighted by molar-refractivity contribution is 7.80. The molecule has 0 fully saturated rings. The number of fused-ring (bicyclic) bond motifs is 2. The fourth-order valence-electron chi connectivity index (χ4n) is 3.05. The van der Waals surface area contributed by atoms with E-state index in [2.05, 4.69) is 26.2 Å². The number of aliphatic carboxylic acids is 1. The highest BCUT2D eigenvalue weighted by Crippen LogP contribution is 2.30. The molecule has 2 N–H and O–H groups in total. The number of carbonyl (C=O) groups is 1. The average Bonchev–Trinajstić information content (AvgIpc) is 2.67. The topological polar surface area (TPSA) is 120 Å². The van der Waals surface area contributed by atoms with Gasteiger partial charge in [-0.25, -0.2) is 13.2 Å². The molecule has 3 aromatic rings. The largest absolute Gasteiger partial charge is 0.726 e. The first-order chi connectivity index (χ1) is 13.6. The van der Waals surface area contributed by atoms with Gasteiger partial charge < -0.3 is 15.0 Å². The maximum atomic E-state index is 11.6. The molecule has 1 aromatic heterocycles. The zero-order chi connectivity index (χ0) is 21.8. The van der Waals surface area contributed by atoms with Crippen molar-refractivity contribution in [3.8, 4) is 0 Å². The van der Waals surface area contributed by atoms with Gasteiger partial charge in [-0.05, 0) is 18.1 Å². The maximum absolute atomic E-state index is 11.6. The molecule has 1 unspecified atom stereocenters. The van der Waals surface area contributed by atoms with E-state index in [0.717, 1.165) is 34.6 Å². The van der Waals surface area contributed by atoms with Crippen LogP contribution in [0.3, 0.4) is 0 Å². The van der Waals surface area contributed by atoms with Crippen molar-refractivity contribution >= 4 is 43.9 Å². The van der Waals surface area contributed by atoms with Gasteiger partial charge in [0, 0.05) is 12.1 Å². The highest BCUT2D eigenvalue weighted by Gasteiger charge is 2.25. The molecule has 0 spiro atoms. The van der Waals surface area contributed by atoms with Crippen LogP contribution >= 0.6 is 0 Å². The third-order valence-corrected chi connectivity index (χ3v) is 4.91. The van der Waals surface area contributed by atoms with E-state index >= 15 is 0 Å². The number of para-hydroxylation sites is 2. The zero-order valence-corrected chi connectivity index (χ0v) is 17.4. The van der Waals surface area contributed by atoms with Gasteiger partial charge in [-0.15, -0.1) is 0 Å². The molecule has 3 rings (SSSR count). The van der Waals surface area contributed by atoms with Crippen LogP contribution in [0.4, 0.5) is 5.69 Å². The average molecular weight is 420 g/mol. The molecule has 29 heavy (non-hydrogen) atoms. The number of aromatic nitrogens is 1. The van der Waals surface area contributed by atoms with Crippen molar-refractivity contribution in [3.05, 3.63) is 48.5 Å². The fourth-order valence-corrected chi connectivity index (χ4v) is 3.05. The van der Waals surface area contributed by atoms with Crippen LogP contribution in [0.1, 0.15) is 13.8 Å². The van der Waals surface area contributed by atoms with Gasteiger partial charge in [-0.1, -0.05) is 38.1 Å². The first-order valence-electron chi connectivity index (χ1n) is 8.87. The van der Waals surface area contributed by atoms with Crippen LogP contribution in [0.5, 0.6) is 0 Å². The minimum absolute atomic E-state index is 0.0148. The number of aryl methyl sites for hydroxylation is 1. The second kappa shape index (κ2) is 9.17. The van der Waals surface area contributed by atoms with Crippen LogP contribution in [0.2, 0.25) is 0 Å². The standard InChI is InChI=1S/C19H20N2O2.CH4O4S/c1-12(2)17(19(22)23)20-18-13-8-4-6-10-15(13)21(3)16-11-7-5-9-14(16)18;1-5-6(2,3)4/h4-12,17H,1-3H3,(H,22,23);1H3,(H,2,3,4). The van der Waals surface area contributed by atoms with Gasteiger partial charge in [0.15, 0.2) is 0 Å². The summed E-state index contributed by atoms with van der Waals surface area (Å²) in [4.78, 5) is 11.6. The van der Waals surface area contributed by atoms with Crippen LogP contribution < -0.4 is 9.88 Å². The van der Waals surface area contributed by atoms with E-state index in [0.29, 0.717) is 0 Å². The molecule has 9 heteroatoms. The Labute approximate surface area is 169 Å². The molecule has 0 saturated carbocycles. The Kier molecular flexibility index (Phi) is 7.12. The van der Waals surface area contributed by atoms with Crippen LogP contribution in [0.25, 0.3) is 21.8 Å². The Morgan fingerprint density at radius 1 is 1.07 bits per heavy atom. The molecule has 0 radical (unpaired) electrons. The quantitative estimate of drug-likeness (QED) is 0.281. The number of nitrogens with one attached hydrogen (secondary N) is 1. The van der Waals surface area contributed by atoms with Crippen molar-refractivity contribution in [1.29, 1.82) is 0 Å². The Morgan fingerprint density at radius 2 is 1.48 bits per heavy atom. The third-order valence-electron chi connectivity index (χ3n) is 4.51. The van der Waals surface area contributed by atoms with E-state index in [1.807, 2.05) is 57.3 Å². The van der Waals surface area contributed by atoms with Crippen LogP contribution in [-0.4, -0.2) is 37.2 Å². The summed E-state index contributed by atoms with van der Waals surface area (Å²) in [5, 5.41) is 14.9. The Morgan fingerprint density at radius 3 is 1.83 bits per heavy atom. The lowest BCUT2D eigenvalue weighted by Crippen LogP contribution is -2.36. The molecule has 0 amide bonds. The summed E-state index contributed by atoms with van der Waals surface area (Å²) in [5.41, 5.74) is 3.03. The number of carboxylic acids is 1. The number of pyridine rings is 1. The molecule has 1 atom stereocenters. The van der Waals surface area contributed by atoms with E-state index in [4.69, 9.17) is 0 Å². The summed E-state index contributed by atoms with van der Waals surface area (Å²) in [6, 6.07) is 15.5. The Balaban J connectivity index is 0.000000438. The monoisotopic (exact) mass is 420 g/mol. The molecular formula is C20H24N2O6S. The van der Waals surface area contributed by atoms with Crippen molar-refractivity contribution in [2.75, 3.05) is 12.4 Å². The number of rotatable bonds is 5. The zero-order valence-electron chi connectivity index (χ0n) is 16.6. The fraction of sp³-hybridized carbons (Fsp3) is 0.300. The van der Waals surface area contributed by atoms with Gasteiger partial charge in [-0.3, -0.25) is 4.18 Å². The van der Waals surface area contributed by atoms with Crippen molar-refractivity contribution < 1.29 is 31.6 Å². The second-order valence-corrected chi connectivity index (χ2v) is 7.90. The molecule has 1 heterocycles. The number of nitrogens with zero attached hydrogens (tertiary/aromatic N) is 1. The molecule has 0 aliphatic heterocycles. The van der Waals surface area contributed by atoms with Gasteiger partial charge in [0.2, 0.25) is 21.4 Å². The van der Waals surface area contributed by atoms with Crippen LogP contribution in [0, 0.1) is 5.92 Å². The van der Waals surface area contributed by atoms with Crippen molar-refractivity contribution in [1.82, 2.24) is 0 Å². The van der Waals surface area contributed by atoms with Crippen molar-refractivity contribution in [2.45, 2.75) is 19.9 Å².